The maximum atomic E-state index is 13.8. The van der Waals surface area contributed by atoms with Gasteiger partial charge in [-0.05, 0) is 56.0 Å². The number of rotatable bonds is 7. The van der Waals surface area contributed by atoms with Crippen molar-refractivity contribution in [2.24, 2.45) is 10.7 Å². The number of nitrogens with two attached hydrogens (primary N) is 1. The molecular weight excluding hydrogens is 490 g/mol. The smallest absolute Gasteiger partial charge is 0.330 e. The van der Waals surface area contributed by atoms with Gasteiger partial charge in [0, 0.05) is 18.2 Å². The molecular formula is C26H31N7O5. The van der Waals surface area contributed by atoms with Crippen LogP contribution >= 0.6 is 0 Å². The molecule has 0 bridgehead atoms. The molecule has 200 valence electrons. The number of ether oxygens (including phenoxy) is 2. The molecule has 3 N–H and O–H groups in total. The first-order chi connectivity index (χ1) is 18.0. The number of benzene rings is 2. The highest BCUT2D eigenvalue weighted by Crippen LogP contribution is 2.37. The Kier molecular flexibility index (Phi) is 7.24. The van der Waals surface area contributed by atoms with Crippen LogP contribution in [0.2, 0.25) is 0 Å². The molecule has 0 saturated carbocycles. The molecule has 0 radical (unpaired) electrons. The summed E-state index contributed by atoms with van der Waals surface area (Å²) in [6.45, 7) is 5.93. The number of nitro groups is 1. The molecule has 0 atom stereocenters. The maximum absolute atomic E-state index is 13.8. The minimum atomic E-state index is -0.764. The molecule has 0 amide bonds. The summed E-state index contributed by atoms with van der Waals surface area (Å²) in [5.74, 6) is 0.427. The zero-order valence-electron chi connectivity index (χ0n) is 22.1. The molecule has 2 aromatic carbocycles. The lowest BCUT2D eigenvalue weighted by molar-refractivity contribution is -0.630. The van der Waals surface area contributed by atoms with Crippen molar-refractivity contribution < 1.29 is 14.5 Å². The predicted octanol–water partition coefficient (Wildman–Crippen LogP) is 2.43. The summed E-state index contributed by atoms with van der Waals surface area (Å²) in [5, 5.41) is 18.7. The Labute approximate surface area is 219 Å². The zero-order chi connectivity index (χ0) is 27.7. The standard InChI is InChI=1S/C26H31N7O5/c1-15-10-16(2)24(17(3)11-15)29-23-14-20-19-13-22(38-5)21(37-4)12-18(19)6-7-30(20)26(34)31(23)8-9-32(25(27)28)33(35)36/h10-14H,6-9H2,1-5H3,(H3,27,28). The summed E-state index contributed by atoms with van der Waals surface area (Å²) in [5.41, 5.74) is 11.5. The van der Waals surface area contributed by atoms with Crippen LogP contribution in [0.5, 0.6) is 11.5 Å². The molecule has 12 heteroatoms. The molecule has 2 heterocycles. The van der Waals surface area contributed by atoms with Gasteiger partial charge in [0.25, 0.3) is 5.96 Å². The van der Waals surface area contributed by atoms with E-state index in [0.717, 1.165) is 33.5 Å². The Morgan fingerprint density at radius 2 is 1.76 bits per heavy atom. The van der Waals surface area contributed by atoms with Crippen LogP contribution in [0.25, 0.3) is 11.3 Å². The van der Waals surface area contributed by atoms with Crippen molar-refractivity contribution in [3.63, 3.8) is 0 Å². The molecule has 0 unspecified atom stereocenters. The van der Waals surface area contributed by atoms with Crippen LogP contribution in [0.1, 0.15) is 22.3 Å². The van der Waals surface area contributed by atoms with Crippen LogP contribution in [0.4, 0.5) is 5.69 Å². The Hall–Kier alpha value is -4.61. The minimum absolute atomic E-state index is 0.0960. The molecule has 0 spiro atoms. The van der Waals surface area contributed by atoms with Gasteiger partial charge in [0.15, 0.2) is 16.5 Å². The summed E-state index contributed by atoms with van der Waals surface area (Å²) in [7, 11) is 3.13. The van der Waals surface area contributed by atoms with E-state index in [1.54, 1.807) is 18.8 Å². The van der Waals surface area contributed by atoms with Crippen LogP contribution < -0.4 is 26.4 Å². The Bertz CT molecular complexity index is 1530. The van der Waals surface area contributed by atoms with Crippen molar-refractivity contribution in [2.75, 3.05) is 20.8 Å². The van der Waals surface area contributed by atoms with Gasteiger partial charge in [-0.3, -0.25) is 14.5 Å². The Morgan fingerprint density at radius 3 is 2.34 bits per heavy atom. The van der Waals surface area contributed by atoms with Crippen molar-refractivity contribution in [3.8, 4) is 22.8 Å². The van der Waals surface area contributed by atoms with Crippen molar-refractivity contribution in [1.29, 1.82) is 5.41 Å². The number of guanidine groups is 1. The van der Waals surface area contributed by atoms with Crippen molar-refractivity contribution in [2.45, 2.75) is 40.3 Å². The molecule has 0 fully saturated rings. The van der Waals surface area contributed by atoms with Gasteiger partial charge in [-0.1, -0.05) is 22.7 Å². The fourth-order valence-corrected chi connectivity index (χ4v) is 4.91. The van der Waals surface area contributed by atoms with Crippen molar-refractivity contribution >= 4 is 11.6 Å². The van der Waals surface area contributed by atoms with Crippen LogP contribution in [0, 0.1) is 36.3 Å². The molecule has 12 nitrogen and oxygen atoms in total. The lowest BCUT2D eigenvalue weighted by Gasteiger charge is -2.25. The van der Waals surface area contributed by atoms with E-state index in [9.17, 15) is 14.9 Å². The highest BCUT2D eigenvalue weighted by molar-refractivity contribution is 5.73. The summed E-state index contributed by atoms with van der Waals surface area (Å²) in [4.78, 5) is 30.1. The number of aromatic nitrogens is 2. The van der Waals surface area contributed by atoms with E-state index in [1.807, 2.05) is 51.1 Å². The number of hydrogen-bond donors (Lipinski definition) is 2. The van der Waals surface area contributed by atoms with Gasteiger partial charge in [-0.25, -0.2) is 19.9 Å². The molecule has 1 aliphatic rings. The zero-order valence-corrected chi connectivity index (χ0v) is 22.1. The van der Waals surface area contributed by atoms with E-state index in [0.29, 0.717) is 40.7 Å². The van der Waals surface area contributed by atoms with Crippen LogP contribution in [0.3, 0.4) is 0 Å². The van der Waals surface area contributed by atoms with Gasteiger partial charge < -0.3 is 15.2 Å². The fourth-order valence-electron chi connectivity index (χ4n) is 4.91. The first kappa shape index (κ1) is 26.5. The van der Waals surface area contributed by atoms with Crippen LogP contribution in [-0.2, 0) is 19.5 Å². The molecule has 1 aliphatic heterocycles. The molecule has 3 aromatic rings. The molecule has 0 aliphatic carbocycles. The van der Waals surface area contributed by atoms with Gasteiger partial charge in [0.1, 0.15) is 12.0 Å². The van der Waals surface area contributed by atoms with Gasteiger partial charge >= 0.3 is 5.69 Å². The normalized spacial score (nSPS) is 12.5. The summed E-state index contributed by atoms with van der Waals surface area (Å²) >= 11 is 0. The van der Waals surface area contributed by atoms with Crippen molar-refractivity contribution in [1.82, 2.24) is 14.1 Å². The maximum Gasteiger partial charge on any atom is 0.330 e. The van der Waals surface area contributed by atoms with E-state index < -0.39 is 11.0 Å². The fraction of sp³-hybridized carbons (Fsp3) is 0.346. The molecule has 38 heavy (non-hydrogen) atoms. The first-order valence-electron chi connectivity index (χ1n) is 12.0. The third kappa shape index (κ3) is 4.84. The largest absolute Gasteiger partial charge is 0.493 e. The molecule has 0 saturated heterocycles. The Balaban J connectivity index is 1.98. The minimum Gasteiger partial charge on any atom is -0.493 e. The number of aryl methyl sites for hydroxylation is 4. The number of hydrogen-bond acceptors (Lipinski definition) is 7. The van der Waals surface area contributed by atoms with E-state index in [4.69, 9.17) is 25.6 Å². The monoisotopic (exact) mass is 521 g/mol. The highest BCUT2D eigenvalue weighted by Gasteiger charge is 2.24. The Morgan fingerprint density at radius 1 is 1.13 bits per heavy atom. The molecule has 4 rings (SSSR count). The third-order valence-corrected chi connectivity index (χ3v) is 6.66. The number of fused-ring (bicyclic) bond motifs is 3. The quantitative estimate of drug-likeness (QED) is 0.209. The van der Waals surface area contributed by atoms with Gasteiger partial charge in [-0.2, -0.15) is 0 Å². The second-order valence-electron chi connectivity index (χ2n) is 9.19. The van der Waals surface area contributed by atoms with Gasteiger partial charge in [0.05, 0.1) is 32.1 Å². The summed E-state index contributed by atoms with van der Waals surface area (Å²) in [6, 6.07) is 9.60. The lowest BCUT2D eigenvalue weighted by Crippen LogP contribution is -2.47. The van der Waals surface area contributed by atoms with Gasteiger partial charge in [-0.15, -0.1) is 0 Å². The van der Waals surface area contributed by atoms with Crippen molar-refractivity contribution in [3.05, 3.63) is 78.7 Å². The SMILES string of the molecule is COc1cc2c(cc1OC)-c1cc(=Nc3c(C)cc(C)cc3C)n(CCN(C(=N)N)[N+](=O)[O-])c(=O)n1CC2. The van der Waals surface area contributed by atoms with E-state index in [-0.39, 0.29) is 18.8 Å². The second kappa shape index (κ2) is 10.4. The lowest BCUT2D eigenvalue weighted by atomic mass is 9.97. The number of nitrogens with zero attached hydrogens (tertiary/aromatic N) is 5. The van der Waals surface area contributed by atoms with E-state index in [2.05, 4.69) is 0 Å². The van der Waals surface area contributed by atoms with E-state index in [1.165, 1.54) is 4.57 Å². The van der Waals surface area contributed by atoms with Crippen LogP contribution in [-0.4, -0.2) is 45.9 Å². The average Bonchev–Trinajstić information content (AvgIpc) is 2.86. The predicted molar refractivity (Wildman–Crippen MR) is 142 cm³/mol. The summed E-state index contributed by atoms with van der Waals surface area (Å²) in [6.07, 6.45) is 0.587. The van der Waals surface area contributed by atoms with E-state index >= 15 is 0 Å². The summed E-state index contributed by atoms with van der Waals surface area (Å²) < 4.78 is 14.0. The average molecular weight is 522 g/mol. The third-order valence-electron chi connectivity index (χ3n) is 6.66. The van der Waals surface area contributed by atoms with Gasteiger partial charge in [0.2, 0.25) is 0 Å². The molecule has 1 aromatic heterocycles. The number of hydrazine groups is 1. The van der Waals surface area contributed by atoms with Crippen LogP contribution in [0.15, 0.2) is 40.1 Å². The topological polar surface area (TPSA) is 154 Å². The highest BCUT2D eigenvalue weighted by atomic mass is 16.7. The number of methoxy groups -OCH3 is 2. The second-order valence-corrected chi connectivity index (χ2v) is 9.19. The number of nitrogens with one attached hydrogen (secondary N) is 1. The first-order valence-corrected chi connectivity index (χ1v) is 12.0.